The van der Waals surface area contributed by atoms with E-state index in [0.717, 1.165) is 21.9 Å². The molecule has 0 unspecified atom stereocenters. The van der Waals surface area contributed by atoms with Gasteiger partial charge in [-0.05, 0) is 51.1 Å². The van der Waals surface area contributed by atoms with Crippen molar-refractivity contribution < 1.29 is 9.53 Å². The second kappa shape index (κ2) is 8.31. The fraction of sp³-hybridized carbons (Fsp3) is 0.217. The molecule has 4 aromatic rings. The number of aromatic nitrogens is 3. The maximum absolute atomic E-state index is 13.1. The van der Waals surface area contributed by atoms with Crippen LogP contribution in [0.15, 0.2) is 53.3 Å². The molecule has 158 valence electrons. The average Bonchev–Trinajstić information content (AvgIpc) is 3.13. The topological polar surface area (TPSA) is 86.1 Å². The van der Waals surface area contributed by atoms with Crippen LogP contribution < -0.4 is 15.6 Å². The Balaban J connectivity index is 1.70. The van der Waals surface area contributed by atoms with Crippen LogP contribution in [0.1, 0.15) is 35.3 Å². The lowest BCUT2D eigenvalue weighted by atomic mass is 10.1. The molecule has 0 radical (unpaired) electrons. The molecule has 0 aliphatic heterocycles. The minimum Gasteiger partial charge on any atom is -0.497 e. The second-order valence-corrected chi connectivity index (χ2v) is 8.55. The third kappa shape index (κ3) is 3.94. The van der Waals surface area contributed by atoms with Gasteiger partial charge in [0.15, 0.2) is 10.8 Å². The monoisotopic (exact) mass is 434 g/mol. The van der Waals surface area contributed by atoms with Gasteiger partial charge in [-0.25, -0.2) is 9.67 Å². The third-order valence-corrected chi connectivity index (χ3v) is 5.80. The number of amides is 1. The van der Waals surface area contributed by atoms with Crippen molar-refractivity contribution in [2.45, 2.75) is 26.8 Å². The lowest BCUT2D eigenvalue weighted by molar-refractivity contribution is 0.102. The number of methoxy groups -OCH3 is 1. The van der Waals surface area contributed by atoms with Crippen molar-refractivity contribution in [1.29, 1.82) is 0 Å². The molecule has 7 nitrogen and oxygen atoms in total. The number of fused-ring (bicyclic) bond motifs is 1. The summed E-state index contributed by atoms with van der Waals surface area (Å²) < 4.78 is 6.55. The zero-order valence-electron chi connectivity index (χ0n) is 17.7. The van der Waals surface area contributed by atoms with Gasteiger partial charge in [0.1, 0.15) is 5.75 Å². The van der Waals surface area contributed by atoms with E-state index < -0.39 is 5.91 Å². The Morgan fingerprint density at radius 2 is 1.77 bits per heavy atom. The highest BCUT2D eigenvalue weighted by molar-refractivity contribution is 7.16. The number of nitrogens with zero attached hydrogens (tertiary/aromatic N) is 3. The number of thiazole rings is 1. The summed E-state index contributed by atoms with van der Waals surface area (Å²) in [7, 11) is 1.62. The quantitative estimate of drug-likeness (QED) is 0.493. The summed E-state index contributed by atoms with van der Waals surface area (Å²) in [6.45, 7) is 5.67. The van der Waals surface area contributed by atoms with E-state index >= 15 is 0 Å². The van der Waals surface area contributed by atoms with Crippen molar-refractivity contribution in [2.24, 2.45) is 0 Å². The third-order valence-electron chi connectivity index (χ3n) is 4.91. The van der Waals surface area contributed by atoms with E-state index in [2.05, 4.69) is 15.4 Å². The molecule has 1 amide bonds. The summed E-state index contributed by atoms with van der Waals surface area (Å²) >= 11 is 1.39. The number of benzene rings is 2. The standard InChI is InChI=1S/C23H22N4O3S/c1-13(2)27-22(29)18-8-6-5-7-17(18)20(26-27)21(28)25-23-24-19(14(3)31-23)15-9-11-16(30-4)12-10-15/h5-13H,1-4H3,(H,24,25,28). The van der Waals surface area contributed by atoms with Crippen LogP contribution in [0.4, 0.5) is 5.13 Å². The van der Waals surface area contributed by atoms with Crippen LogP contribution >= 0.6 is 11.3 Å². The maximum atomic E-state index is 13.1. The van der Waals surface area contributed by atoms with Crippen LogP contribution in [0.3, 0.4) is 0 Å². The van der Waals surface area contributed by atoms with Gasteiger partial charge in [0.2, 0.25) is 0 Å². The Labute approximate surface area is 183 Å². The van der Waals surface area contributed by atoms with Crippen LogP contribution in [0.2, 0.25) is 0 Å². The van der Waals surface area contributed by atoms with E-state index in [9.17, 15) is 9.59 Å². The first-order valence-electron chi connectivity index (χ1n) is 9.83. The number of ether oxygens (including phenoxy) is 1. The summed E-state index contributed by atoms with van der Waals surface area (Å²) in [5, 5.41) is 8.67. The lowest BCUT2D eigenvalue weighted by Gasteiger charge is -2.12. The fourth-order valence-corrected chi connectivity index (χ4v) is 4.18. The summed E-state index contributed by atoms with van der Waals surface area (Å²) in [5.74, 6) is 0.365. The summed E-state index contributed by atoms with van der Waals surface area (Å²) in [6, 6.07) is 14.4. The first-order valence-corrected chi connectivity index (χ1v) is 10.7. The van der Waals surface area contributed by atoms with Crippen LogP contribution in [-0.2, 0) is 0 Å². The number of anilines is 1. The Bertz CT molecular complexity index is 1320. The van der Waals surface area contributed by atoms with Crippen molar-refractivity contribution in [1.82, 2.24) is 14.8 Å². The van der Waals surface area contributed by atoms with Gasteiger partial charge in [-0.15, -0.1) is 11.3 Å². The SMILES string of the molecule is COc1ccc(-c2nc(NC(=O)c3nn(C(C)C)c(=O)c4ccccc34)sc2C)cc1. The molecule has 0 bridgehead atoms. The number of nitrogens with one attached hydrogen (secondary N) is 1. The molecule has 0 saturated heterocycles. The van der Waals surface area contributed by atoms with Crippen LogP contribution in [0.25, 0.3) is 22.0 Å². The van der Waals surface area contributed by atoms with Gasteiger partial charge in [0, 0.05) is 15.8 Å². The fourth-order valence-electron chi connectivity index (χ4n) is 3.35. The molecule has 0 fully saturated rings. The highest BCUT2D eigenvalue weighted by Crippen LogP contribution is 2.31. The number of rotatable bonds is 5. The molecule has 0 saturated carbocycles. The largest absolute Gasteiger partial charge is 0.497 e. The predicted molar refractivity (Wildman–Crippen MR) is 123 cm³/mol. The highest BCUT2D eigenvalue weighted by Gasteiger charge is 2.20. The van der Waals surface area contributed by atoms with Gasteiger partial charge in [-0.1, -0.05) is 18.2 Å². The number of hydrogen-bond acceptors (Lipinski definition) is 6. The van der Waals surface area contributed by atoms with E-state index in [-0.39, 0.29) is 17.3 Å². The minimum atomic E-state index is -0.402. The molecule has 0 spiro atoms. The molecule has 0 aliphatic carbocycles. The Morgan fingerprint density at radius 3 is 2.42 bits per heavy atom. The number of aryl methyl sites for hydroxylation is 1. The van der Waals surface area contributed by atoms with Gasteiger partial charge in [-0.2, -0.15) is 5.10 Å². The van der Waals surface area contributed by atoms with E-state index in [4.69, 9.17) is 4.74 Å². The van der Waals surface area contributed by atoms with Gasteiger partial charge >= 0.3 is 0 Å². The van der Waals surface area contributed by atoms with Gasteiger partial charge in [0.25, 0.3) is 11.5 Å². The number of carbonyl (C=O) groups is 1. The smallest absolute Gasteiger partial charge is 0.278 e. The first-order chi connectivity index (χ1) is 14.9. The van der Waals surface area contributed by atoms with E-state index in [0.29, 0.717) is 15.9 Å². The molecular weight excluding hydrogens is 412 g/mol. The van der Waals surface area contributed by atoms with Crippen LogP contribution in [-0.4, -0.2) is 27.8 Å². The molecule has 0 atom stereocenters. The second-order valence-electron chi connectivity index (χ2n) is 7.34. The summed E-state index contributed by atoms with van der Waals surface area (Å²) in [5.41, 5.74) is 1.72. The van der Waals surface area contributed by atoms with Crippen molar-refractivity contribution in [2.75, 3.05) is 12.4 Å². The molecular formula is C23H22N4O3S. The zero-order chi connectivity index (χ0) is 22.1. The number of carbonyl (C=O) groups excluding carboxylic acids is 1. The highest BCUT2D eigenvalue weighted by atomic mass is 32.1. The molecule has 2 aromatic carbocycles. The Kier molecular flexibility index (Phi) is 5.56. The van der Waals surface area contributed by atoms with Crippen molar-refractivity contribution in [3.8, 4) is 17.0 Å². The van der Waals surface area contributed by atoms with Crippen LogP contribution in [0.5, 0.6) is 5.75 Å². The molecule has 31 heavy (non-hydrogen) atoms. The average molecular weight is 435 g/mol. The normalized spacial score (nSPS) is 11.1. The predicted octanol–water partition coefficient (Wildman–Crippen LogP) is 4.67. The van der Waals surface area contributed by atoms with Gasteiger partial charge in [-0.3, -0.25) is 14.9 Å². The van der Waals surface area contributed by atoms with Crippen molar-refractivity contribution >= 4 is 33.1 Å². The van der Waals surface area contributed by atoms with Crippen LogP contribution in [0, 0.1) is 6.92 Å². The first kappa shape index (κ1) is 20.7. The van der Waals surface area contributed by atoms with Gasteiger partial charge < -0.3 is 4.74 Å². The molecule has 4 rings (SSSR count). The number of hydrogen-bond donors (Lipinski definition) is 1. The van der Waals surface area contributed by atoms with Crippen molar-refractivity contribution in [3.63, 3.8) is 0 Å². The summed E-state index contributed by atoms with van der Waals surface area (Å²) in [4.78, 5) is 31.4. The molecule has 1 N–H and O–H groups in total. The molecule has 0 aliphatic rings. The van der Waals surface area contributed by atoms with E-state index in [1.165, 1.54) is 16.0 Å². The lowest BCUT2D eigenvalue weighted by Crippen LogP contribution is -2.28. The maximum Gasteiger partial charge on any atom is 0.278 e. The van der Waals surface area contributed by atoms with E-state index in [1.807, 2.05) is 45.0 Å². The Morgan fingerprint density at radius 1 is 1.10 bits per heavy atom. The molecule has 2 heterocycles. The minimum absolute atomic E-state index is 0.174. The Hall–Kier alpha value is -3.52. The zero-order valence-corrected chi connectivity index (χ0v) is 18.5. The molecule has 2 aromatic heterocycles. The summed E-state index contributed by atoms with van der Waals surface area (Å²) in [6.07, 6.45) is 0. The van der Waals surface area contributed by atoms with Gasteiger partial charge in [0.05, 0.1) is 24.2 Å². The molecule has 8 heteroatoms. The van der Waals surface area contributed by atoms with E-state index in [1.54, 1.807) is 31.4 Å². The van der Waals surface area contributed by atoms with Crippen molar-refractivity contribution in [3.05, 3.63) is 69.5 Å².